The number of rotatable bonds is 8. The second-order valence-corrected chi connectivity index (χ2v) is 9.93. The number of hydrogen-bond acceptors (Lipinski definition) is 6. The summed E-state index contributed by atoms with van der Waals surface area (Å²) in [6.07, 6.45) is 6.36. The average molecular weight is 542 g/mol. The van der Waals surface area contributed by atoms with E-state index in [2.05, 4.69) is 27.8 Å². The maximum atomic E-state index is 14.0. The molecule has 204 valence electrons. The third-order valence-electron chi connectivity index (χ3n) is 7.29. The second kappa shape index (κ2) is 11.2. The zero-order chi connectivity index (χ0) is 27.5. The van der Waals surface area contributed by atoms with Gasteiger partial charge in [0.25, 0.3) is 0 Å². The number of nitrogens with zero attached hydrogens (tertiary/aromatic N) is 4. The molecule has 0 spiro atoms. The molecule has 0 saturated carbocycles. The van der Waals surface area contributed by atoms with Crippen LogP contribution in [0.2, 0.25) is 0 Å². The van der Waals surface area contributed by atoms with Crippen molar-refractivity contribution in [2.75, 3.05) is 12.1 Å². The van der Waals surface area contributed by atoms with Crippen LogP contribution in [-0.4, -0.2) is 44.5 Å². The van der Waals surface area contributed by atoms with Gasteiger partial charge in [0.05, 0.1) is 5.52 Å². The van der Waals surface area contributed by atoms with Gasteiger partial charge in [-0.1, -0.05) is 41.6 Å². The molecule has 2 aliphatic rings. The van der Waals surface area contributed by atoms with Gasteiger partial charge in [-0.3, -0.25) is 9.59 Å². The summed E-state index contributed by atoms with van der Waals surface area (Å²) < 4.78 is 26.1. The molecule has 3 aromatic carbocycles. The van der Waals surface area contributed by atoms with Gasteiger partial charge in [-0.25, -0.2) is 9.07 Å². The lowest BCUT2D eigenvalue weighted by atomic mass is 9.85. The molecule has 1 aliphatic heterocycles. The Morgan fingerprint density at radius 2 is 1.88 bits per heavy atom. The van der Waals surface area contributed by atoms with E-state index in [1.807, 2.05) is 24.3 Å². The molecule has 6 rings (SSSR count). The van der Waals surface area contributed by atoms with E-state index in [9.17, 15) is 14.0 Å². The van der Waals surface area contributed by atoms with Crippen LogP contribution in [-0.2, 0) is 22.7 Å². The summed E-state index contributed by atoms with van der Waals surface area (Å²) in [5.41, 5.74) is 2.65. The van der Waals surface area contributed by atoms with Gasteiger partial charge in [0.1, 0.15) is 23.9 Å². The molecule has 1 N–H and O–H groups in total. The normalized spacial score (nSPS) is 16.6. The molecular formula is C30H28FN5O4. The Hall–Kier alpha value is -4.73. The van der Waals surface area contributed by atoms with Gasteiger partial charge in [0.15, 0.2) is 11.5 Å². The predicted molar refractivity (Wildman–Crippen MR) is 146 cm³/mol. The number of aromatic nitrogens is 3. The molecule has 0 bridgehead atoms. The fourth-order valence-electron chi connectivity index (χ4n) is 5.29. The van der Waals surface area contributed by atoms with Crippen LogP contribution in [0.25, 0.3) is 11.0 Å². The average Bonchev–Trinajstić information content (AvgIpc) is 3.61. The minimum absolute atomic E-state index is 0.0991. The number of benzene rings is 3. The van der Waals surface area contributed by atoms with Gasteiger partial charge in [-0.2, -0.15) is 0 Å². The van der Waals surface area contributed by atoms with Crippen molar-refractivity contribution in [2.45, 2.75) is 38.4 Å². The monoisotopic (exact) mass is 541 g/mol. The van der Waals surface area contributed by atoms with E-state index in [1.54, 1.807) is 39.9 Å². The van der Waals surface area contributed by atoms with Crippen molar-refractivity contribution in [1.29, 1.82) is 0 Å². The standard InChI is InChI=1S/C30H28FN5O4/c31-22-12-10-20(11-13-22)17-35(28(37)18-36-25-9-5-4-8-24(25)33-34-36)29(21-6-2-1-3-7-21)30(38)32-23-14-15-26-27(16-23)40-19-39-26/h1-2,4-5,8-16,21,29H,3,6-7,17-19H2,(H,32,38)/t21-,29-/m0/s1. The predicted octanol–water partition coefficient (Wildman–Crippen LogP) is 4.69. The molecule has 2 atom stereocenters. The van der Waals surface area contributed by atoms with Crippen LogP contribution in [0.1, 0.15) is 24.8 Å². The lowest BCUT2D eigenvalue weighted by molar-refractivity contribution is -0.142. The number of allylic oxidation sites excluding steroid dienone is 2. The SMILES string of the molecule is O=C(Nc1ccc2c(c1)OCO2)[C@H]([C@H]1CC=CCC1)N(Cc1ccc(F)cc1)C(=O)Cn1nnc2ccccc21. The number of halogens is 1. The molecule has 0 radical (unpaired) electrons. The van der Waals surface area contributed by atoms with E-state index in [0.29, 0.717) is 34.7 Å². The smallest absolute Gasteiger partial charge is 0.247 e. The van der Waals surface area contributed by atoms with Crippen molar-refractivity contribution >= 4 is 28.5 Å². The van der Waals surface area contributed by atoms with Crippen LogP contribution in [0.15, 0.2) is 78.9 Å². The van der Waals surface area contributed by atoms with Crippen molar-refractivity contribution < 1.29 is 23.5 Å². The lowest BCUT2D eigenvalue weighted by Crippen LogP contribution is -2.52. The quantitative estimate of drug-likeness (QED) is 0.325. The Labute approximate surface area is 230 Å². The zero-order valence-electron chi connectivity index (χ0n) is 21.7. The minimum Gasteiger partial charge on any atom is -0.454 e. The highest BCUT2D eigenvalue weighted by atomic mass is 19.1. The first-order chi connectivity index (χ1) is 19.5. The summed E-state index contributed by atoms with van der Waals surface area (Å²) in [5.74, 6) is 0.0759. The molecule has 2 heterocycles. The number of ether oxygens (including phenoxy) is 2. The van der Waals surface area contributed by atoms with Crippen molar-refractivity contribution in [3.05, 3.63) is 90.3 Å². The summed E-state index contributed by atoms with van der Waals surface area (Å²) in [6.45, 7) is 0.157. The third kappa shape index (κ3) is 5.38. The Morgan fingerprint density at radius 1 is 1.05 bits per heavy atom. The molecule has 10 heteroatoms. The first kappa shape index (κ1) is 25.5. The van der Waals surface area contributed by atoms with E-state index in [1.165, 1.54) is 12.1 Å². The number of hydrogen-bond donors (Lipinski definition) is 1. The van der Waals surface area contributed by atoms with E-state index in [4.69, 9.17) is 9.47 Å². The van der Waals surface area contributed by atoms with Crippen LogP contribution in [0.3, 0.4) is 0 Å². The molecular weight excluding hydrogens is 513 g/mol. The highest BCUT2D eigenvalue weighted by Crippen LogP contribution is 2.35. The topological polar surface area (TPSA) is 98.6 Å². The van der Waals surface area contributed by atoms with E-state index < -0.39 is 6.04 Å². The first-order valence-corrected chi connectivity index (χ1v) is 13.2. The minimum atomic E-state index is -0.789. The summed E-state index contributed by atoms with van der Waals surface area (Å²) >= 11 is 0. The Kier molecular flexibility index (Phi) is 7.13. The van der Waals surface area contributed by atoms with Gasteiger partial charge in [-0.15, -0.1) is 5.10 Å². The van der Waals surface area contributed by atoms with Crippen molar-refractivity contribution in [1.82, 2.24) is 19.9 Å². The van der Waals surface area contributed by atoms with Crippen molar-refractivity contribution in [3.8, 4) is 11.5 Å². The van der Waals surface area contributed by atoms with Gasteiger partial charge in [-0.05, 0) is 67.1 Å². The molecule has 1 aliphatic carbocycles. The molecule has 0 saturated heterocycles. The van der Waals surface area contributed by atoms with Gasteiger partial charge in [0.2, 0.25) is 18.6 Å². The number of carbonyl (C=O) groups is 2. The highest BCUT2D eigenvalue weighted by Gasteiger charge is 2.37. The summed E-state index contributed by atoms with van der Waals surface area (Å²) in [4.78, 5) is 29.7. The van der Waals surface area contributed by atoms with Crippen LogP contribution in [0.5, 0.6) is 11.5 Å². The molecule has 40 heavy (non-hydrogen) atoms. The highest BCUT2D eigenvalue weighted by molar-refractivity contribution is 5.98. The van der Waals surface area contributed by atoms with Gasteiger partial charge >= 0.3 is 0 Å². The Bertz CT molecular complexity index is 1570. The summed E-state index contributed by atoms with van der Waals surface area (Å²) in [6, 6.07) is 17.8. The number of fused-ring (bicyclic) bond motifs is 2. The molecule has 0 unspecified atom stereocenters. The fourth-order valence-corrected chi connectivity index (χ4v) is 5.29. The number of amides is 2. The van der Waals surface area contributed by atoms with Crippen LogP contribution in [0, 0.1) is 11.7 Å². The number of nitrogens with one attached hydrogen (secondary N) is 1. The summed E-state index contributed by atoms with van der Waals surface area (Å²) in [5, 5.41) is 11.4. The third-order valence-corrected chi connectivity index (χ3v) is 7.29. The van der Waals surface area contributed by atoms with E-state index >= 15 is 0 Å². The zero-order valence-corrected chi connectivity index (χ0v) is 21.7. The molecule has 9 nitrogen and oxygen atoms in total. The fraction of sp³-hybridized carbons (Fsp3) is 0.267. The maximum Gasteiger partial charge on any atom is 0.247 e. The maximum absolute atomic E-state index is 14.0. The van der Waals surface area contributed by atoms with Crippen LogP contribution >= 0.6 is 0 Å². The number of carbonyl (C=O) groups excluding carboxylic acids is 2. The van der Waals surface area contributed by atoms with E-state index in [0.717, 1.165) is 18.4 Å². The second-order valence-electron chi connectivity index (χ2n) is 9.93. The van der Waals surface area contributed by atoms with Crippen LogP contribution in [0.4, 0.5) is 10.1 Å². The lowest BCUT2D eigenvalue weighted by Gasteiger charge is -2.37. The van der Waals surface area contributed by atoms with Crippen LogP contribution < -0.4 is 14.8 Å². The van der Waals surface area contributed by atoms with Gasteiger partial charge in [0, 0.05) is 18.3 Å². The molecule has 4 aromatic rings. The summed E-state index contributed by atoms with van der Waals surface area (Å²) in [7, 11) is 0. The van der Waals surface area contributed by atoms with Gasteiger partial charge < -0.3 is 19.7 Å². The number of anilines is 1. The first-order valence-electron chi connectivity index (χ1n) is 13.2. The Morgan fingerprint density at radius 3 is 2.70 bits per heavy atom. The Balaban J connectivity index is 1.34. The molecule has 1 aromatic heterocycles. The number of para-hydroxylation sites is 1. The molecule has 2 amide bonds. The molecule has 0 fully saturated rings. The van der Waals surface area contributed by atoms with Crippen molar-refractivity contribution in [2.24, 2.45) is 5.92 Å². The largest absolute Gasteiger partial charge is 0.454 e. The van der Waals surface area contributed by atoms with E-state index in [-0.39, 0.29) is 43.4 Å². The van der Waals surface area contributed by atoms with Crippen molar-refractivity contribution in [3.63, 3.8) is 0 Å².